The van der Waals surface area contributed by atoms with Crippen LogP contribution in [0.5, 0.6) is 0 Å². The first-order valence-electron chi connectivity index (χ1n) is 7.45. The van der Waals surface area contributed by atoms with E-state index < -0.39 is 0 Å². The zero-order valence-corrected chi connectivity index (χ0v) is 12.8. The predicted octanol–water partition coefficient (Wildman–Crippen LogP) is 2.23. The van der Waals surface area contributed by atoms with Crippen molar-refractivity contribution >= 4 is 11.6 Å². The first kappa shape index (κ1) is 15.9. The van der Waals surface area contributed by atoms with Gasteiger partial charge in [0.15, 0.2) is 0 Å². The summed E-state index contributed by atoms with van der Waals surface area (Å²) >= 11 is 0. The highest BCUT2D eigenvalue weighted by molar-refractivity contribution is 5.92. The van der Waals surface area contributed by atoms with Crippen molar-refractivity contribution in [2.75, 3.05) is 32.5 Å². The Labute approximate surface area is 125 Å². The smallest absolute Gasteiger partial charge is 0.238 e. The second kappa shape index (κ2) is 7.00. The summed E-state index contributed by atoms with van der Waals surface area (Å²) in [6.07, 6.45) is 4.85. The molecule has 0 radical (unpaired) electrons. The van der Waals surface area contributed by atoms with Gasteiger partial charge in [-0.1, -0.05) is 12.8 Å². The lowest BCUT2D eigenvalue weighted by Crippen LogP contribution is -2.50. The van der Waals surface area contributed by atoms with Gasteiger partial charge >= 0.3 is 0 Å². The van der Waals surface area contributed by atoms with E-state index in [0.717, 1.165) is 6.54 Å². The number of rotatable bonds is 6. The van der Waals surface area contributed by atoms with E-state index in [1.807, 2.05) is 0 Å². The van der Waals surface area contributed by atoms with Crippen LogP contribution in [0.3, 0.4) is 0 Å². The number of halogens is 1. The number of hydrogen-bond donors (Lipinski definition) is 2. The monoisotopic (exact) mass is 293 g/mol. The largest absolute Gasteiger partial charge is 0.325 e. The van der Waals surface area contributed by atoms with Crippen molar-refractivity contribution in [1.29, 1.82) is 0 Å². The number of likely N-dealkylation sites (N-methyl/N-ethyl adjacent to an activating group) is 1. The molecule has 2 N–H and O–H groups in total. The van der Waals surface area contributed by atoms with Crippen LogP contribution in [-0.2, 0) is 4.79 Å². The molecule has 21 heavy (non-hydrogen) atoms. The van der Waals surface area contributed by atoms with Gasteiger partial charge in [0.05, 0.1) is 6.54 Å². The molecular weight excluding hydrogens is 269 g/mol. The third-order valence-electron chi connectivity index (χ3n) is 4.35. The van der Waals surface area contributed by atoms with Crippen LogP contribution in [0.1, 0.15) is 25.7 Å². The summed E-state index contributed by atoms with van der Waals surface area (Å²) in [7, 11) is 4.21. The molecule has 2 rings (SSSR count). The van der Waals surface area contributed by atoms with Crippen molar-refractivity contribution in [2.45, 2.75) is 31.2 Å². The second-order valence-electron chi connectivity index (χ2n) is 5.98. The van der Waals surface area contributed by atoms with Crippen LogP contribution in [0.15, 0.2) is 24.3 Å². The molecule has 0 saturated heterocycles. The third-order valence-corrected chi connectivity index (χ3v) is 4.35. The van der Waals surface area contributed by atoms with Crippen molar-refractivity contribution in [3.8, 4) is 0 Å². The normalized spacial score (nSPS) is 17.1. The van der Waals surface area contributed by atoms with Gasteiger partial charge < -0.3 is 15.5 Å². The minimum absolute atomic E-state index is 0.103. The average Bonchev–Trinajstić information content (AvgIpc) is 2.91. The fraction of sp³-hybridized carbons (Fsp3) is 0.562. The van der Waals surface area contributed by atoms with Gasteiger partial charge in [-0.05, 0) is 51.2 Å². The fourth-order valence-corrected chi connectivity index (χ4v) is 2.96. The van der Waals surface area contributed by atoms with Gasteiger partial charge in [-0.3, -0.25) is 4.79 Å². The van der Waals surface area contributed by atoms with Gasteiger partial charge in [0.2, 0.25) is 5.91 Å². The van der Waals surface area contributed by atoms with Gasteiger partial charge in [0.25, 0.3) is 0 Å². The van der Waals surface area contributed by atoms with E-state index in [0.29, 0.717) is 5.69 Å². The van der Waals surface area contributed by atoms with Crippen LogP contribution in [0.4, 0.5) is 10.1 Å². The maximum atomic E-state index is 12.8. The zero-order valence-electron chi connectivity index (χ0n) is 12.8. The molecule has 0 heterocycles. The highest BCUT2D eigenvalue weighted by Gasteiger charge is 2.35. The van der Waals surface area contributed by atoms with Gasteiger partial charge in [-0.25, -0.2) is 4.39 Å². The molecule has 0 aliphatic heterocycles. The summed E-state index contributed by atoms with van der Waals surface area (Å²) in [5.41, 5.74) is 0.794. The molecule has 5 heteroatoms. The summed E-state index contributed by atoms with van der Waals surface area (Å²) in [5, 5.41) is 6.01. The van der Waals surface area contributed by atoms with E-state index in [9.17, 15) is 9.18 Å². The summed E-state index contributed by atoms with van der Waals surface area (Å²) in [5.74, 6) is -0.409. The Kier molecular flexibility index (Phi) is 5.31. The number of carbonyl (C=O) groups excluding carboxylic acids is 1. The lowest BCUT2D eigenvalue weighted by molar-refractivity contribution is -0.115. The van der Waals surface area contributed by atoms with Gasteiger partial charge in [-0.2, -0.15) is 0 Å². The topological polar surface area (TPSA) is 44.4 Å². The Morgan fingerprint density at radius 3 is 2.43 bits per heavy atom. The molecule has 1 aliphatic rings. The Balaban J connectivity index is 1.77. The van der Waals surface area contributed by atoms with Gasteiger partial charge in [0.1, 0.15) is 5.82 Å². The molecule has 1 fully saturated rings. The van der Waals surface area contributed by atoms with Gasteiger partial charge in [-0.15, -0.1) is 0 Å². The van der Waals surface area contributed by atoms with E-state index in [1.54, 1.807) is 12.1 Å². The van der Waals surface area contributed by atoms with E-state index in [2.05, 4.69) is 29.6 Å². The van der Waals surface area contributed by atoms with E-state index >= 15 is 0 Å². The number of nitrogens with one attached hydrogen (secondary N) is 2. The number of carbonyl (C=O) groups is 1. The molecule has 1 amide bonds. The molecule has 0 unspecified atom stereocenters. The summed E-state index contributed by atoms with van der Waals surface area (Å²) in [6.45, 7) is 1.09. The summed E-state index contributed by atoms with van der Waals surface area (Å²) < 4.78 is 12.8. The Hall–Kier alpha value is -1.46. The summed E-state index contributed by atoms with van der Waals surface area (Å²) in [6, 6.07) is 5.79. The number of nitrogens with zero attached hydrogens (tertiary/aromatic N) is 1. The number of hydrogen-bond acceptors (Lipinski definition) is 3. The van der Waals surface area contributed by atoms with Crippen molar-refractivity contribution in [3.63, 3.8) is 0 Å². The summed E-state index contributed by atoms with van der Waals surface area (Å²) in [4.78, 5) is 14.1. The number of benzene rings is 1. The van der Waals surface area contributed by atoms with E-state index in [1.165, 1.54) is 37.8 Å². The van der Waals surface area contributed by atoms with Gasteiger partial charge in [0, 0.05) is 17.8 Å². The number of anilines is 1. The highest BCUT2D eigenvalue weighted by atomic mass is 19.1. The maximum Gasteiger partial charge on any atom is 0.238 e. The first-order valence-corrected chi connectivity index (χ1v) is 7.45. The van der Waals surface area contributed by atoms with Crippen LogP contribution < -0.4 is 10.6 Å². The second-order valence-corrected chi connectivity index (χ2v) is 5.98. The maximum absolute atomic E-state index is 12.8. The fourth-order valence-electron chi connectivity index (χ4n) is 2.96. The predicted molar refractivity (Wildman–Crippen MR) is 82.8 cm³/mol. The zero-order chi connectivity index (χ0) is 15.3. The molecule has 0 bridgehead atoms. The SMILES string of the molecule is CN(C)C1(CNCC(=O)Nc2ccc(F)cc2)CCCC1. The van der Waals surface area contributed by atoms with Crippen molar-refractivity contribution in [1.82, 2.24) is 10.2 Å². The van der Waals surface area contributed by atoms with Crippen LogP contribution >= 0.6 is 0 Å². The molecule has 0 aromatic heterocycles. The molecular formula is C16H24FN3O. The molecule has 116 valence electrons. The van der Waals surface area contributed by atoms with E-state index in [-0.39, 0.29) is 23.8 Å². The Morgan fingerprint density at radius 1 is 1.24 bits per heavy atom. The molecule has 0 atom stereocenters. The first-order chi connectivity index (χ1) is 10.0. The highest BCUT2D eigenvalue weighted by Crippen LogP contribution is 2.32. The molecule has 1 saturated carbocycles. The molecule has 0 spiro atoms. The molecule has 1 aromatic rings. The van der Waals surface area contributed by atoms with Crippen molar-refractivity contribution < 1.29 is 9.18 Å². The lowest BCUT2D eigenvalue weighted by Gasteiger charge is -2.36. The standard InChI is InChI=1S/C16H24FN3O/c1-20(2)16(9-3-4-10-16)12-18-11-15(21)19-14-7-5-13(17)6-8-14/h5-8,18H,3-4,9-12H2,1-2H3,(H,19,21). The molecule has 1 aliphatic carbocycles. The third kappa shape index (κ3) is 4.25. The van der Waals surface area contributed by atoms with Crippen molar-refractivity contribution in [2.24, 2.45) is 0 Å². The van der Waals surface area contributed by atoms with Crippen LogP contribution in [0.25, 0.3) is 0 Å². The van der Waals surface area contributed by atoms with Crippen molar-refractivity contribution in [3.05, 3.63) is 30.1 Å². The Morgan fingerprint density at radius 2 is 1.86 bits per heavy atom. The quantitative estimate of drug-likeness (QED) is 0.845. The lowest BCUT2D eigenvalue weighted by atomic mass is 9.96. The molecule has 1 aromatic carbocycles. The van der Waals surface area contributed by atoms with Crippen LogP contribution in [-0.4, -0.2) is 43.5 Å². The number of amides is 1. The van der Waals surface area contributed by atoms with Crippen LogP contribution in [0.2, 0.25) is 0 Å². The van der Waals surface area contributed by atoms with Crippen LogP contribution in [0, 0.1) is 5.82 Å². The minimum atomic E-state index is -0.305. The molecule has 4 nitrogen and oxygen atoms in total. The minimum Gasteiger partial charge on any atom is -0.325 e. The van der Waals surface area contributed by atoms with E-state index in [4.69, 9.17) is 0 Å². The average molecular weight is 293 g/mol. The Bertz CT molecular complexity index is 467.